The van der Waals surface area contributed by atoms with Gasteiger partial charge in [0.05, 0.1) is 11.5 Å². The molecule has 0 amide bonds. The maximum Gasteiger partial charge on any atom is 0.106 e. The molecule has 0 saturated carbocycles. The second-order valence-corrected chi connectivity index (χ2v) is 6.34. The molecule has 1 N–H and O–H groups in total. The van der Waals surface area contributed by atoms with E-state index in [4.69, 9.17) is 11.6 Å². The van der Waals surface area contributed by atoms with E-state index >= 15 is 0 Å². The highest BCUT2D eigenvalue weighted by Crippen LogP contribution is 2.49. The van der Waals surface area contributed by atoms with Crippen LogP contribution in [0.1, 0.15) is 23.6 Å². The molecule has 2 aromatic rings. The lowest BCUT2D eigenvalue weighted by Crippen LogP contribution is -2.43. The van der Waals surface area contributed by atoms with E-state index in [-0.39, 0.29) is 0 Å². The number of rotatable bonds is 2. The maximum atomic E-state index is 11.2. The van der Waals surface area contributed by atoms with E-state index in [0.29, 0.717) is 23.4 Å². The Labute approximate surface area is 129 Å². The van der Waals surface area contributed by atoms with Gasteiger partial charge in [-0.1, -0.05) is 48.0 Å². The first kappa shape index (κ1) is 14.1. The maximum absolute atomic E-state index is 11.2. The molecule has 0 heterocycles. The molecular formula is C18H16ClNO. The molecule has 0 fully saturated rings. The zero-order chi connectivity index (χ0) is 15.1. The zero-order valence-corrected chi connectivity index (χ0v) is 12.6. The first-order valence-electron chi connectivity index (χ1n) is 6.95. The lowest BCUT2D eigenvalue weighted by atomic mass is 9.68. The van der Waals surface area contributed by atoms with Crippen molar-refractivity contribution in [3.05, 3.63) is 70.2 Å². The molecule has 3 rings (SSSR count). The molecule has 1 aliphatic rings. The predicted molar refractivity (Wildman–Crippen MR) is 82.9 cm³/mol. The van der Waals surface area contributed by atoms with Crippen molar-refractivity contribution < 1.29 is 5.11 Å². The topological polar surface area (TPSA) is 44.0 Å². The van der Waals surface area contributed by atoms with Crippen molar-refractivity contribution in [2.24, 2.45) is 5.41 Å². The van der Waals surface area contributed by atoms with Crippen LogP contribution < -0.4 is 0 Å². The summed E-state index contributed by atoms with van der Waals surface area (Å²) in [5.41, 5.74) is 0.847. The predicted octanol–water partition coefficient (Wildman–Crippen LogP) is 3.86. The Bertz CT molecular complexity index is 705. The highest BCUT2D eigenvalue weighted by atomic mass is 35.5. The van der Waals surface area contributed by atoms with Crippen molar-refractivity contribution in [1.82, 2.24) is 0 Å². The van der Waals surface area contributed by atoms with E-state index in [1.165, 1.54) is 0 Å². The van der Waals surface area contributed by atoms with E-state index in [1.807, 2.05) is 30.3 Å². The first-order chi connectivity index (χ1) is 9.98. The van der Waals surface area contributed by atoms with Gasteiger partial charge in [0.1, 0.15) is 5.60 Å². The average Bonchev–Trinajstić information content (AvgIpc) is 2.87. The molecule has 1 atom stereocenters. The van der Waals surface area contributed by atoms with Crippen LogP contribution in [-0.4, -0.2) is 5.11 Å². The summed E-state index contributed by atoms with van der Waals surface area (Å²) < 4.78 is 0. The third kappa shape index (κ3) is 2.14. The van der Waals surface area contributed by atoms with Gasteiger partial charge >= 0.3 is 0 Å². The van der Waals surface area contributed by atoms with Crippen LogP contribution in [0, 0.1) is 16.7 Å². The fraction of sp³-hybridized carbons (Fsp3) is 0.278. The van der Waals surface area contributed by atoms with Gasteiger partial charge in [-0.25, -0.2) is 0 Å². The van der Waals surface area contributed by atoms with Crippen LogP contribution >= 0.6 is 11.6 Å². The van der Waals surface area contributed by atoms with Crippen LogP contribution in [0.3, 0.4) is 0 Å². The average molecular weight is 298 g/mol. The SMILES string of the molecule is CC(O)(c1cccc(Cl)c1)C1(C#N)Cc2ccccc2C1. The van der Waals surface area contributed by atoms with Crippen molar-refractivity contribution in [3.63, 3.8) is 0 Å². The number of nitrogens with zero attached hydrogens (tertiary/aromatic N) is 1. The molecule has 2 nitrogen and oxygen atoms in total. The highest BCUT2D eigenvalue weighted by Gasteiger charge is 2.52. The molecular weight excluding hydrogens is 282 g/mol. The fourth-order valence-electron chi connectivity index (χ4n) is 3.21. The number of nitriles is 1. The summed E-state index contributed by atoms with van der Waals surface area (Å²) in [7, 11) is 0. The summed E-state index contributed by atoms with van der Waals surface area (Å²) in [6.45, 7) is 1.72. The lowest BCUT2D eigenvalue weighted by molar-refractivity contribution is -0.0405. The summed E-state index contributed by atoms with van der Waals surface area (Å²) in [5.74, 6) is 0. The normalized spacial score (nSPS) is 18.6. The van der Waals surface area contributed by atoms with E-state index in [9.17, 15) is 10.4 Å². The third-order valence-electron chi connectivity index (χ3n) is 4.64. The van der Waals surface area contributed by atoms with Gasteiger partial charge in [-0.3, -0.25) is 0 Å². The second kappa shape index (κ2) is 4.87. The number of benzene rings is 2. The monoisotopic (exact) mass is 297 g/mol. The summed E-state index contributed by atoms with van der Waals surface area (Å²) in [6, 6.07) is 17.5. The minimum absolute atomic E-state index is 0.555. The minimum Gasteiger partial charge on any atom is -0.384 e. The summed E-state index contributed by atoms with van der Waals surface area (Å²) >= 11 is 6.04. The number of hydrogen-bond donors (Lipinski definition) is 1. The van der Waals surface area contributed by atoms with E-state index in [2.05, 4.69) is 6.07 Å². The van der Waals surface area contributed by atoms with Gasteiger partial charge in [0, 0.05) is 5.02 Å². The molecule has 0 bridgehead atoms. The first-order valence-corrected chi connectivity index (χ1v) is 7.33. The van der Waals surface area contributed by atoms with Crippen molar-refractivity contribution >= 4 is 11.6 Å². The number of aliphatic hydroxyl groups is 1. The molecule has 1 unspecified atom stereocenters. The summed E-state index contributed by atoms with van der Waals surface area (Å²) in [4.78, 5) is 0. The van der Waals surface area contributed by atoms with Crippen LogP contribution in [-0.2, 0) is 18.4 Å². The van der Waals surface area contributed by atoms with Crippen LogP contribution in [0.5, 0.6) is 0 Å². The molecule has 0 radical (unpaired) electrons. The van der Waals surface area contributed by atoms with Crippen LogP contribution in [0.15, 0.2) is 48.5 Å². The fourth-order valence-corrected chi connectivity index (χ4v) is 3.41. The van der Waals surface area contributed by atoms with Gasteiger partial charge in [-0.05, 0) is 48.6 Å². The largest absolute Gasteiger partial charge is 0.384 e. The standard InChI is InChI=1S/C18H16ClNO/c1-17(21,15-7-4-8-16(19)9-15)18(12-20)10-13-5-2-3-6-14(13)11-18/h2-9,21H,10-11H2,1H3. The Morgan fingerprint density at radius 1 is 1.14 bits per heavy atom. The minimum atomic E-state index is -1.26. The van der Waals surface area contributed by atoms with Crippen LogP contribution in [0.2, 0.25) is 5.02 Å². The van der Waals surface area contributed by atoms with Crippen molar-refractivity contribution in [2.75, 3.05) is 0 Å². The molecule has 0 aromatic heterocycles. The molecule has 3 heteroatoms. The smallest absolute Gasteiger partial charge is 0.106 e. The molecule has 21 heavy (non-hydrogen) atoms. The Morgan fingerprint density at radius 3 is 2.29 bits per heavy atom. The Kier molecular flexibility index (Phi) is 3.28. The molecule has 2 aromatic carbocycles. The van der Waals surface area contributed by atoms with E-state index < -0.39 is 11.0 Å². The number of fused-ring (bicyclic) bond motifs is 1. The van der Waals surface area contributed by atoms with Gasteiger partial charge in [-0.2, -0.15) is 5.26 Å². The number of halogens is 1. The van der Waals surface area contributed by atoms with Crippen LogP contribution in [0.4, 0.5) is 0 Å². The Hall–Kier alpha value is -1.82. The van der Waals surface area contributed by atoms with E-state index in [1.54, 1.807) is 25.1 Å². The molecule has 0 saturated heterocycles. The molecule has 106 valence electrons. The molecule has 0 spiro atoms. The van der Waals surface area contributed by atoms with Gasteiger partial charge < -0.3 is 5.11 Å². The van der Waals surface area contributed by atoms with Gasteiger partial charge in [0.15, 0.2) is 0 Å². The van der Waals surface area contributed by atoms with Gasteiger partial charge in [0.2, 0.25) is 0 Å². The second-order valence-electron chi connectivity index (χ2n) is 5.90. The molecule has 0 aliphatic heterocycles. The highest BCUT2D eigenvalue weighted by molar-refractivity contribution is 6.30. The van der Waals surface area contributed by atoms with Gasteiger partial charge in [-0.15, -0.1) is 0 Å². The molecule has 1 aliphatic carbocycles. The quantitative estimate of drug-likeness (QED) is 0.915. The van der Waals surface area contributed by atoms with Crippen molar-refractivity contribution in [1.29, 1.82) is 5.26 Å². The Balaban J connectivity index is 2.07. The van der Waals surface area contributed by atoms with Gasteiger partial charge in [0.25, 0.3) is 0 Å². The Morgan fingerprint density at radius 2 is 1.76 bits per heavy atom. The van der Waals surface area contributed by atoms with Crippen LogP contribution in [0.25, 0.3) is 0 Å². The summed E-state index contributed by atoms with van der Waals surface area (Å²) in [6.07, 6.45) is 1.11. The zero-order valence-electron chi connectivity index (χ0n) is 11.8. The number of hydrogen-bond acceptors (Lipinski definition) is 2. The third-order valence-corrected chi connectivity index (χ3v) is 4.87. The van der Waals surface area contributed by atoms with E-state index in [0.717, 1.165) is 11.1 Å². The van der Waals surface area contributed by atoms with Crippen molar-refractivity contribution in [2.45, 2.75) is 25.4 Å². The summed E-state index contributed by atoms with van der Waals surface area (Å²) in [5, 5.41) is 21.5. The lowest BCUT2D eigenvalue weighted by Gasteiger charge is -2.38. The van der Waals surface area contributed by atoms with Crippen molar-refractivity contribution in [3.8, 4) is 6.07 Å².